The standard InChI is InChI=1S/C30H24N2O9/c33-21-16-17-32(28(38)31-21)27-30(40,25(37)20-14-8-3-9-15-20)29(39,24(36)19-12-6-2-7-13-19)26(41-27)23(35)22(34)18-10-4-1-5-11-18/h1-17,23,26-27,35,39-40H,(H,31,33,38). The number of ketones is 3. The number of hydrogen-bond donors (Lipinski definition) is 4. The third kappa shape index (κ3) is 4.46. The minimum atomic E-state index is -3.33. The second kappa shape index (κ2) is 10.6. The minimum Gasteiger partial charge on any atom is -0.382 e. The Morgan fingerprint density at radius 2 is 1.20 bits per heavy atom. The number of aliphatic hydroxyl groups is 3. The number of rotatable bonds is 8. The zero-order valence-electron chi connectivity index (χ0n) is 21.3. The molecule has 5 atom stereocenters. The number of aromatic nitrogens is 2. The molecule has 4 aromatic rings. The average molecular weight is 557 g/mol. The van der Waals surface area contributed by atoms with E-state index in [-0.39, 0.29) is 16.7 Å². The van der Waals surface area contributed by atoms with Crippen LogP contribution in [0.2, 0.25) is 0 Å². The number of carbonyl (C=O) groups is 3. The van der Waals surface area contributed by atoms with Gasteiger partial charge in [0.25, 0.3) is 5.56 Å². The van der Waals surface area contributed by atoms with Crippen LogP contribution in [0.5, 0.6) is 0 Å². The van der Waals surface area contributed by atoms with Gasteiger partial charge in [0.15, 0.2) is 17.6 Å². The van der Waals surface area contributed by atoms with Crippen molar-refractivity contribution in [2.75, 3.05) is 0 Å². The molecule has 5 unspecified atom stereocenters. The summed E-state index contributed by atoms with van der Waals surface area (Å²) in [5.74, 6) is -3.48. The number of aliphatic hydroxyl groups excluding tert-OH is 1. The minimum absolute atomic E-state index is 0.0132. The van der Waals surface area contributed by atoms with Gasteiger partial charge in [-0.05, 0) is 0 Å². The number of carbonyl (C=O) groups excluding carboxylic acids is 3. The molecule has 3 aromatic carbocycles. The van der Waals surface area contributed by atoms with Crippen molar-refractivity contribution in [2.24, 2.45) is 0 Å². The lowest BCUT2D eigenvalue weighted by Crippen LogP contribution is -2.69. The van der Waals surface area contributed by atoms with E-state index in [1.54, 1.807) is 18.2 Å². The summed E-state index contributed by atoms with van der Waals surface area (Å²) < 4.78 is 6.42. The Morgan fingerprint density at radius 3 is 1.68 bits per heavy atom. The second-order valence-electron chi connectivity index (χ2n) is 9.52. The number of H-pyrrole nitrogens is 1. The third-order valence-corrected chi connectivity index (χ3v) is 7.11. The van der Waals surface area contributed by atoms with Crippen molar-refractivity contribution in [3.8, 4) is 0 Å². The molecule has 4 N–H and O–H groups in total. The summed E-state index contributed by atoms with van der Waals surface area (Å²) >= 11 is 0. The van der Waals surface area contributed by atoms with Crippen molar-refractivity contribution in [2.45, 2.75) is 29.6 Å². The molecule has 1 aliphatic heterocycles. The Morgan fingerprint density at radius 1 is 0.732 bits per heavy atom. The van der Waals surface area contributed by atoms with Gasteiger partial charge >= 0.3 is 5.69 Å². The molecule has 0 spiro atoms. The molecule has 1 aromatic heterocycles. The first-order valence-electron chi connectivity index (χ1n) is 12.5. The fourth-order valence-corrected chi connectivity index (χ4v) is 5.04. The number of benzene rings is 3. The van der Waals surface area contributed by atoms with Gasteiger partial charge in [0.1, 0.15) is 12.2 Å². The van der Waals surface area contributed by atoms with Crippen molar-refractivity contribution < 1.29 is 34.4 Å². The monoisotopic (exact) mass is 556 g/mol. The lowest BCUT2D eigenvalue weighted by atomic mass is 9.69. The van der Waals surface area contributed by atoms with Crippen molar-refractivity contribution in [1.82, 2.24) is 9.55 Å². The van der Waals surface area contributed by atoms with Crippen LogP contribution in [0.25, 0.3) is 0 Å². The van der Waals surface area contributed by atoms with E-state index in [1.807, 2.05) is 4.98 Å². The number of ether oxygens (including phenoxy) is 1. The second-order valence-corrected chi connectivity index (χ2v) is 9.52. The summed E-state index contributed by atoms with van der Waals surface area (Å²) in [6.07, 6.45) is -5.84. The fraction of sp³-hybridized carbons (Fsp3) is 0.167. The largest absolute Gasteiger partial charge is 0.382 e. The van der Waals surface area contributed by atoms with Crippen molar-refractivity contribution >= 4 is 17.3 Å². The van der Waals surface area contributed by atoms with Crippen LogP contribution in [0.1, 0.15) is 37.3 Å². The van der Waals surface area contributed by atoms with Gasteiger partial charge in [-0.3, -0.25) is 28.7 Å². The maximum absolute atomic E-state index is 14.1. The first kappa shape index (κ1) is 27.7. The van der Waals surface area contributed by atoms with E-state index in [4.69, 9.17) is 4.74 Å². The zero-order valence-corrected chi connectivity index (χ0v) is 21.3. The fourth-order valence-electron chi connectivity index (χ4n) is 5.04. The van der Waals surface area contributed by atoms with Crippen molar-refractivity contribution in [3.63, 3.8) is 0 Å². The molecule has 0 amide bonds. The van der Waals surface area contributed by atoms with E-state index < -0.39 is 58.2 Å². The lowest BCUT2D eigenvalue weighted by Gasteiger charge is -2.39. The molecule has 2 heterocycles. The van der Waals surface area contributed by atoms with Crippen LogP contribution in [0.3, 0.4) is 0 Å². The van der Waals surface area contributed by atoms with Gasteiger partial charge in [-0.25, -0.2) is 4.79 Å². The van der Waals surface area contributed by atoms with Gasteiger partial charge in [-0.1, -0.05) is 91.0 Å². The molecule has 5 rings (SSSR count). The first-order valence-corrected chi connectivity index (χ1v) is 12.5. The number of nitrogens with zero attached hydrogens (tertiary/aromatic N) is 1. The molecule has 41 heavy (non-hydrogen) atoms. The average Bonchev–Trinajstić information content (AvgIpc) is 3.25. The van der Waals surface area contributed by atoms with Gasteiger partial charge in [-0.15, -0.1) is 0 Å². The maximum atomic E-state index is 14.1. The Balaban J connectivity index is 1.78. The van der Waals surface area contributed by atoms with Crippen LogP contribution in [0, 0.1) is 0 Å². The number of hydrogen-bond acceptors (Lipinski definition) is 9. The van der Waals surface area contributed by atoms with Crippen LogP contribution in [0.4, 0.5) is 0 Å². The Labute approximate surface area is 231 Å². The SMILES string of the molecule is O=C(c1ccccc1)C(O)C1OC(n2ccc(=O)[nH]c2=O)C(O)(C(=O)c2ccccc2)C1(O)C(=O)c1ccccc1. The molecule has 0 saturated carbocycles. The first-order chi connectivity index (χ1) is 19.6. The molecule has 0 aliphatic carbocycles. The van der Waals surface area contributed by atoms with Crippen molar-refractivity contribution in [1.29, 1.82) is 0 Å². The molecule has 11 nitrogen and oxygen atoms in total. The highest BCUT2D eigenvalue weighted by Crippen LogP contribution is 2.50. The molecular weight excluding hydrogens is 532 g/mol. The Kier molecular flexibility index (Phi) is 7.20. The van der Waals surface area contributed by atoms with E-state index in [0.29, 0.717) is 4.57 Å². The molecular formula is C30H24N2O9. The smallest absolute Gasteiger partial charge is 0.330 e. The van der Waals surface area contributed by atoms with Crippen LogP contribution in [-0.4, -0.2) is 65.6 Å². The summed E-state index contributed by atoms with van der Waals surface area (Å²) in [6, 6.07) is 22.6. The number of nitrogens with one attached hydrogen (secondary N) is 1. The summed E-state index contributed by atoms with van der Waals surface area (Å²) in [7, 11) is 0. The van der Waals surface area contributed by atoms with Gasteiger partial charge < -0.3 is 20.1 Å². The van der Waals surface area contributed by atoms with Crippen molar-refractivity contribution in [3.05, 3.63) is 141 Å². The summed E-state index contributed by atoms with van der Waals surface area (Å²) in [5, 5.41) is 36.0. The van der Waals surface area contributed by atoms with Gasteiger partial charge in [0.05, 0.1) is 0 Å². The Hall–Kier alpha value is -4.81. The summed E-state index contributed by atoms with van der Waals surface area (Å²) in [4.78, 5) is 68.2. The third-order valence-electron chi connectivity index (χ3n) is 7.11. The molecule has 1 saturated heterocycles. The lowest BCUT2D eigenvalue weighted by molar-refractivity contribution is -0.108. The summed E-state index contributed by atoms with van der Waals surface area (Å²) in [5.41, 5.74) is -8.96. The number of aromatic amines is 1. The molecule has 11 heteroatoms. The van der Waals surface area contributed by atoms with E-state index >= 15 is 0 Å². The van der Waals surface area contributed by atoms with Gasteiger partial charge in [0.2, 0.25) is 17.2 Å². The predicted molar refractivity (Wildman–Crippen MR) is 143 cm³/mol. The van der Waals surface area contributed by atoms with Gasteiger partial charge in [-0.2, -0.15) is 0 Å². The van der Waals surface area contributed by atoms with E-state index in [1.165, 1.54) is 72.8 Å². The van der Waals surface area contributed by atoms with Gasteiger partial charge in [0, 0.05) is 29.0 Å². The quantitative estimate of drug-likeness (QED) is 0.230. The van der Waals surface area contributed by atoms with Crippen LogP contribution >= 0.6 is 0 Å². The molecule has 0 radical (unpaired) electrons. The normalized spacial score (nSPS) is 24.5. The van der Waals surface area contributed by atoms with E-state index in [0.717, 1.165) is 12.3 Å². The molecule has 1 aliphatic rings. The maximum Gasteiger partial charge on any atom is 0.330 e. The molecule has 0 bridgehead atoms. The Bertz CT molecular complexity index is 1720. The van der Waals surface area contributed by atoms with Crippen LogP contribution in [0.15, 0.2) is 113 Å². The zero-order chi connectivity index (χ0) is 29.4. The molecule has 208 valence electrons. The predicted octanol–water partition coefficient (Wildman–Crippen LogP) is 0.906. The highest BCUT2D eigenvalue weighted by Gasteiger charge is 2.75. The van der Waals surface area contributed by atoms with E-state index in [2.05, 4.69) is 0 Å². The summed E-state index contributed by atoms with van der Waals surface area (Å²) in [6.45, 7) is 0. The highest BCUT2D eigenvalue weighted by atomic mass is 16.6. The topological polar surface area (TPSA) is 176 Å². The number of Topliss-reactive ketones (excluding diaryl/α,β-unsaturated/α-hetero) is 3. The highest BCUT2D eigenvalue weighted by molar-refractivity contribution is 6.14. The van der Waals surface area contributed by atoms with Crippen LogP contribution < -0.4 is 11.2 Å². The van der Waals surface area contributed by atoms with E-state index in [9.17, 15) is 39.3 Å². The van der Waals surface area contributed by atoms with Crippen LogP contribution in [-0.2, 0) is 4.74 Å². The molecule has 1 fully saturated rings.